The average Bonchev–Trinajstić information content (AvgIpc) is 2.98. The molecule has 22 heavy (non-hydrogen) atoms. The van der Waals surface area contributed by atoms with Crippen molar-refractivity contribution in [1.82, 2.24) is 10.3 Å². The number of halogens is 1. The second-order valence-electron chi connectivity index (χ2n) is 5.72. The minimum atomic E-state index is -0.767. The molecule has 0 unspecified atom stereocenters. The van der Waals surface area contributed by atoms with Crippen molar-refractivity contribution in [3.8, 4) is 0 Å². The predicted octanol–water partition coefficient (Wildman–Crippen LogP) is 2.68. The van der Waals surface area contributed by atoms with Crippen LogP contribution in [0.3, 0.4) is 0 Å². The maximum atomic E-state index is 13.6. The van der Waals surface area contributed by atoms with Gasteiger partial charge in [0.15, 0.2) is 0 Å². The Morgan fingerprint density at radius 1 is 1.18 bits per heavy atom. The average molecular weight is 304 g/mol. The second kappa shape index (κ2) is 5.79. The van der Waals surface area contributed by atoms with Gasteiger partial charge in [0, 0.05) is 17.6 Å². The molecule has 0 radical (unpaired) electrons. The zero-order valence-corrected chi connectivity index (χ0v) is 11.9. The largest absolute Gasteiger partial charge is 0.481 e. The van der Waals surface area contributed by atoms with Crippen LogP contribution < -0.4 is 5.32 Å². The third-order valence-corrected chi connectivity index (χ3v) is 4.33. The molecule has 0 atom stereocenters. The number of H-pyrrole nitrogens is 1. The highest BCUT2D eigenvalue weighted by molar-refractivity contribution is 6.05. The topological polar surface area (TPSA) is 82.2 Å². The summed E-state index contributed by atoms with van der Waals surface area (Å²) in [4.78, 5) is 26.2. The molecule has 1 heterocycles. The van der Waals surface area contributed by atoms with E-state index in [1.807, 2.05) is 0 Å². The van der Waals surface area contributed by atoms with Crippen molar-refractivity contribution in [1.29, 1.82) is 0 Å². The molecule has 3 rings (SSSR count). The Morgan fingerprint density at radius 3 is 2.59 bits per heavy atom. The summed E-state index contributed by atoms with van der Waals surface area (Å²) in [6, 6.07) is 4.32. The number of aliphatic carboxylic acids is 1. The van der Waals surface area contributed by atoms with E-state index in [2.05, 4.69) is 10.3 Å². The van der Waals surface area contributed by atoms with Crippen LogP contribution in [0, 0.1) is 11.7 Å². The van der Waals surface area contributed by atoms with E-state index in [0.29, 0.717) is 42.1 Å². The fourth-order valence-electron chi connectivity index (χ4n) is 3.06. The number of benzene rings is 1. The minimum Gasteiger partial charge on any atom is -0.481 e. The molecular weight excluding hydrogens is 287 g/mol. The van der Waals surface area contributed by atoms with Gasteiger partial charge in [-0.2, -0.15) is 0 Å². The standard InChI is InChI=1S/C16H17FN2O3/c17-13-6-5-12(14-11(13)7-8-18-14)15(20)19-10-3-1-9(2-4-10)16(21)22/h5-10,18H,1-4H2,(H,19,20)(H,21,22). The van der Waals surface area contributed by atoms with Crippen LogP contribution in [-0.4, -0.2) is 28.0 Å². The third kappa shape index (κ3) is 2.68. The van der Waals surface area contributed by atoms with Gasteiger partial charge in [-0.05, 0) is 43.9 Å². The zero-order chi connectivity index (χ0) is 15.7. The Hall–Kier alpha value is -2.37. The van der Waals surface area contributed by atoms with E-state index in [1.165, 1.54) is 12.1 Å². The van der Waals surface area contributed by atoms with Gasteiger partial charge in [-0.1, -0.05) is 0 Å². The number of amides is 1. The van der Waals surface area contributed by atoms with E-state index < -0.39 is 5.97 Å². The first-order chi connectivity index (χ1) is 10.6. The molecule has 1 amide bonds. The molecule has 1 saturated carbocycles. The van der Waals surface area contributed by atoms with Crippen molar-refractivity contribution >= 4 is 22.8 Å². The number of aromatic amines is 1. The Kier molecular flexibility index (Phi) is 3.83. The summed E-state index contributed by atoms with van der Waals surface area (Å²) in [5, 5.41) is 12.3. The Balaban J connectivity index is 1.71. The van der Waals surface area contributed by atoms with Gasteiger partial charge in [-0.15, -0.1) is 0 Å². The van der Waals surface area contributed by atoms with Gasteiger partial charge in [0.2, 0.25) is 0 Å². The van der Waals surface area contributed by atoms with Crippen molar-refractivity contribution in [2.24, 2.45) is 5.92 Å². The van der Waals surface area contributed by atoms with E-state index in [-0.39, 0.29) is 23.7 Å². The lowest BCUT2D eigenvalue weighted by Crippen LogP contribution is -2.38. The van der Waals surface area contributed by atoms with Gasteiger partial charge in [-0.3, -0.25) is 9.59 Å². The molecule has 1 aliphatic carbocycles. The summed E-state index contributed by atoms with van der Waals surface area (Å²) in [5.74, 6) is -1.70. The number of hydrogen-bond acceptors (Lipinski definition) is 2. The smallest absolute Gasteiger partial charge is 0.306 e. The van der Waals surface area contributed by atoms with Crippen molar-refractivity contribution in [3.05, 3.63) is 35.8 Å². The van der Waals surface area contributed by atoms with Crippen LogP contribution in [0.1, 0.15) is 36.0 Å². The molecule has 1 fully saturated rings. The van der Waals surface area contributed by atoms with Crippen molar-refractivity contribution in [2.45, 2.75) is 31.7 Å². The Labute approximate surface area is 126 Å². The predicted molar refractivity (Wildman–Crippen MR) is 79.1 cm³/mol. The van der Waals surface area contributed by atoms with E-state index in [4.69, 9.17) is 5.11 Å². The van der Waals surface area contributed by atoms with Crippen LogP contribution >= 0.6 is 0 Å². The number of hydrogen-bond donors (Lipinski definition) is 3. The van der Waals surface area contributed by atoms with E-state index in [1.54, 1.807) is 12.3 Å². The van der Waals surface area contributed by atoms with Crippen molar-refractivity contribution in [2.75, 3.05) is 0 Å². The summed E-state index contributed by atoms with van der Waals surface area (Å²) in [6.07, 6.45) is 4.04. The highest BCUT2D eigenvalue weighted by Crippen LogP contribution is 2.25. The number of aromatic nitrogens is 1. The highest BCUT2D eigenvalue weighted by atomic mass is 19.1. The first-order valence-electron chi connectivity index (χ1n) is 7.35. The number of carboxylic acids is 1. The molecule has 0 saturated heterocycles. The monoisotopic (exact) mass is 304 g/mol. The highest BCUT2D eigenvalue weighted by Gasteiger charge is 2.27. The fraction of sp³-hybridized carbons (Fsp3) is 0.375. The summed E-state index contributed by atoms with van der Waals surface area (Å²) in [6.45, 7) is 0. The molecule has 1 aliphatic rings. The lowest BCUT2D eigenvalue weighted by atomic mass is 9.86. The van der Waals surface area contributed by atoms with Gasteiger partial charge >= 0.3 is 5.97 Å². The van der Waals surface area contributed by atoms with Crippen LogP contribution in [0.2, 0.25) is 0 Å². The van der Waals surface area contributed by atoms with Gasteiger partial charge in [-0.25, -0.2) is 4.39 Å². The van der Waals surface area contributed by atoms with Crippen LogP contribution in [0.25, 0.3) is 10.9 Å². The van der Waals surface area contributed by atoms with Crippen LogP contribution in [0.4, 0.5) is 4.39 Å². The quantitative estimate of drug-likeness (QED) is 0.815. The second-order valence-corrected chi connectivity index (χ2v) is 5.72. The number of carbonyl (C=O) groups excluding carboxylic acids is 1. The summed E-state index contributed by atoms with van der Waals surface area (Å²) in [7, 11) is 0. The fourth-order valence-corrected chi connectivity index (χ4v) is 3.06. The minimum absolute atomic E-state index is 0.0295. The number of carbonyl (C=O) groups is 2. The molecule has 5 nitrogen and oxygen atoms in total. The van der Waals surface area contributed by atoms with Crippen molar-refractivity contribution < 1.29 is 19.1 Å². The number of rotatable bonds is 3. The number of carboxylic acid groups (broad SMARTS) is 1. The van der Waals surface area contributed by atoms with E-state index in [9.17, 15) is 14.0 Å². The molecule has 1 aromatic carbocycles. The van der Waals surface area contributed by atoms with Crippen LogP contribution in [0.5, 0.6) is 0 Å². The molecule has 0 bridgehead atoms. The van der Waals surface area contributed by atoms with E-state index in [0.717, 1.165) is 0 Å². The number of fused-ring (bicyclic) bond motifs is 1. The molecule has 0 aliphatic heterocycles. The van der Waals surface area contributed by atoms with Crippen molar-refractivity contribution in [3.63, 3.8) is 0 Å². The number of nitrogens with one attached hydrogen (secondary N) is 2. The summed E-state index contributed by atoms with van der Waals surface area (Å²) < 4.78 is 13.6. The Bertz CT molecular complexity index is 717. The molecule has 0 spiro atoms. The van der Waals surface area contributed by atoms with Crippen LogP contribution in [0.15, 0.2) is 24.4 Å². The third-order valence-electron chi connectivity index (χ3n) is 4.33. The summed E-state index contributed by atoms with van der Waals surface area (Å²) >= 11 is 0. The lowest BCUT2D eigenvalue weighted by molar-refractivity contribution is -0.142. The zero-order valence-electron chi connectivity index (χ0n) is 11.9. The maximum absolute atomic E-state index is 13.6. The molecule has 2 aromatic rings. The van der Waals surface area contributed by atoms with Gasteiger partial charge in [0.25, 0.3) is 5.91 Å². The Morgan fingerprint density at radius 2 is 1.91 bits per heavy atom. The maximum Gasteiger partial charge on any atom is 0.306 e. The van der Waals surface area contributed by atoms with Crippen LogP contribution in [-0.2, 0) is 4.79 Å². The SMILES string of the molecule is O=C(NC1CCC(C(=O)O)CC1)c1ccc(F)c2cc[nH]c12. The molecule has 116 valence electrons. The molecule has 1 aromatic heterocycles. The summed E-state index contributed by atoms with van der Waals surface area (Å²) in [5.41, 5.74) is 0.887. The van der Waals surface area contributed by atoms with Gasteiger partial charge < -0.3 is 15.4 Å². The first-order valence-corrected chi connectivity index (χ1v) is 7.35. The normalized spacial score (nSPS) is 21.7. The van der Waals surface area contributed by atoms with E-state index >= 15 is 0 Å². The molecular formula is C16H17FN2O3. The lowest BCUT2D eigenvalue weighted by Gasteiger charge is -2.26. The first kappa shape index (κ1) is 14.6. The van der Waals surface area contributed by atoms with Gasteiger partial charge in [0.05, 0.1) is 17.0 Å². The van der Waals surface area contributed by atoms with Gasteiger partial charge in [0.1, 0.15) is 5.82 Å². The molecule has 6 heteroatoms. The molecule has 3 N–H and O–H groups in total.